The van der Waals surface area contributed by atoms with Crippen molar-refractivity contribution < 1.29 is 29.6 Å². The number of hydrogen-bond donors (Lipinski definition) is 0. The number of rotatable bonds is 1. The van der Waals surface area contributed by atoms with Gasteiger partial charge < -0.3 is 27.7 Å². The van der Waals surface area contributed by atoms with Crippen LogP contribution in [0, 0.1) is 0 Å². The molecule has 52 valence electrons. The van der Waals surface area contributed by atoms with Gasteiger partial charge in [-0.15, -0.1) is 0 Å². The minimum absolute atomic E-state index is 1.09. The first-order chi connectivity index (χ1) is 3.91. The standard InChI is InChI=1S/C3H5.Mo.H3O2PS2/c1-3-2;;1-3(2,4)5/h3H,1-2H2;;(H3,1,2,4,5)/q;+3;/p-3. The normalized spacial score (nSPS) is 9.11. The molecule has 0 aromatic heterocycles. The van der Waals surface area contributed by atoms with E-state index in [4.69, 9.17) is 0 Å². The molecule has 0 amide bonds. The Balaban J connectivity index is 0. The molecule has 0 N–H and O–H groups in total. The predicted molar refractivity (Wildman–Crippen MR) is 36.7 cm³/mol. The van der Waals surface area contributed by atoms with E-state index in [2.05, 4.69) is 30.6 Å². The van der Waals surface area contributed by atoms with Crippen LogP contribution in [0.2, 0.25) is 4.81 Å². The van der Waals surface area contributed by atoms with Crippen LogP contribution in [-0.2, 0) is 43.9 Å². The molecular weight excluding hydrogens is 259 g/mol. The summed E-state index contributed by atoms with van der Waals surface area (Å²) < 4.78 is 0. The van der Waals surface area contributed by atoms with Gasteiger partial charge in [0.25, 0.3) is 0 Å². The Kier molecular flexibility index (Phi) is 10.7. The first-order valence-corrected chi connectivity index (χ1v) is 6.91. The molecule has 6 heteroatoms. The fourth-order valence-electron chi connectivity index (χ4n) is 0. The first-order valence-electron chi connectivity index (χ1n) is 1.84. The third-order valence-electron chi connectivity index (χ3n) is 0.118. The fraction of sp³-hybridized carbons (Fsp3) is 0.333. The van der Waals surface area contributed by atoms with Crippen molar-refractivity contribution in [3.05, 3.63) is 12.7 Å². The van der Waals surface area contributed by atoms with Gasteiger partial charge in [-0.05, 0) is 0 Å². The van der Waals surface area contributed by atoms with E-state index in [1.807, 2.05) is 25.9 Å². The fourth-order valence-corrected chi connectivity index (χ4v) is 0. The predicted octanol–water partition coefficient (Wildman–Crippen LogP) is -0.384. The van der Waals surface area contributed by atoms with Crippen molar-refractivity contribution in [2.45, 2.75) is 4.81 Å². The summed E-state index contributed by atoms with van der Waals surface area (Å²) in [6, 6.07) is 0. The van der Waals surface area contributed by atoms with Crippen LogP contribution in [0.5, 0.6) is 0 Å². The maximum absolute atomic E-state index is 9.29. The van der Waals surface area contributed by atoms with E-state index in [1.54, 1.807) is 0 Å². The van der Waals surface area contributed by atoms with Crippen molar-refractivity contribution in [2.24, 2.45) is 0 Å². The Morgan fingerprint density at radius 1 is 1.78 bits per heavy atom. The minimum atomic E-state index is -3.72. The number of allylic oxidation sites excluding steroid dienone is 1. The van der Waals surface area contributed by atoms with Crippen LogP contribution in [0.15, 0.2) is 12.7 Å². The van der Waals surface area contributed by atoms with E-state index in [0.29, 0.717) is 0 Å². The smallest absolute Gasteiger partial charge is 0.160 e. The average Bonchev–Trinajstić information content (AvgIpc) is 1.61. The zero-order valence-corrected chi connectivity index (χ0v) is 9.01. The van der Waals surface area contributed by atoms with Crippen LogP contribution in [0.25, 0.3) is 0 Å². The van der Waals surface area contributed by atoms with Gasteiger partial charge in [0.1, 0.15) is 0 Å². The average molecular weight is 264 g/mol. The van der Waals surface area contributed by atoms with Gasteiger partial charge in [-0.25, -0.2) is 0 Å². The summed E-state index contributed by atoms with van der Waals surface area (Å²) in [6.07, 6.45) is 1.88. The molecule has 0 fully saturated rings. The molecule has 0 aliphatic heterocycles. The van der Waals surface area contributed by atoms with Crippen LogP contribution < -0.4 is 9.79 Å². The Hall–Kier alpha value is 1.35. The summed E-state index contributed by atoms with van der Waals surface area (Å²) in [6.45, 7) is 3.48. The SMILES string of the molecule is C=C[CH2][Mo+3].[O-]P([O-])(=S)[S-]. The molecule has 0 rings (SSSR count). The molecule has 0 atom stereocenters. The summed E-state index contributed by atoms with van der Waals surface area (Å²) in [5, 5.41) is 0. The van der Waals surface area contributed by atoms with Crippen molar-refractivity contribution in [3.63, 3.8) is 0 Å². The van der Waals surface area contributed by atoms with Gasteiger partial charge in [0.15, 0.2) is 0 Å². The molecule has 0 saturated carbocycles. The summed E-state index contributed by atoms with van der Waals surface area (Å²) in [5.41, 5.74) is -3.72. The van der Waals surface area contributed by atoms with Gasteiger partial charge in [-0.3, -0.25) is 0 Å². The molecule has 0 heterocycles. The first kappa shape index (κ1) is 13.0. The van der Waals surface area contributed by atoms with Crippen molar-refractivity contribution in [2.75, 3.05) is 0 Å². The van der Waals surface area contributed by atoms with Gasteiger partial charge in [0, 0.05) is 0 Å². The van der Waals surface area contributed by atoms with Gasteiger partial charge >= 0.3 is 37.3 Å². The van der Waals surface area contributed by atoms with Crippen LogP contribution in [0.3, 0.4) is 0 Å². The van der Waals surface area contributed by atoms with Gasteiger partial charge in [-0.1, -0.05) is 0 Å². The maximum atomic E-state index is 9.29. The summed E-state index contributed by atoms with van der Waals surface area (Å²) in [4.78, 5) is 19.7. The van der Waals surface area contributed by atoms with Crippen LogP contribution in [0.4, 0.5) is 0 Å². The van der Waals surface area contributed by atoms with Crippen molar-refractivity contribution >= 4 is 29.7 Å². The monoisotopic (exact) mass is 266 g/mol. The largest absolute Gasteiger partial charge is 0.850 e. The van der Waals surface area contributed by atoms with E-state index >= 15 is 0 Å². The van der Waals surface area contributed by atoms with Crippen LogP contribution >= 0.6 is 5.69 Å². The van der Waals surface area contributed by atoms with E-state index in [9.17, 15) is 9.79 Å². The second-order valence-corrected chi connectivity index (χ2v) is 6.19. The van der Waals surface area contributed by atoms with E-state index in [-0.39, 0.29) is 0 Å². The van der Waals surface area contributed by atoms with Gasteiger partial charge in [0.2, 0.25) is 0 Å². The molecule has 2 nitrogen and oxygen atoms in total. The Morgan fingerprint density at radius 3 is 1.89 bits per heavy atom. The molecule has 0 radical (unpaired) electrons. The molecule has 0 aliphatic rings. The maximum Gasteiger partial charge on any atom is -0.160 e. The van der Waals surface area contributed by atoms with Crippen LogP contribution in [0.1, 0.15) is 0 Å². The molecule has 0 aromatic rings. The molecule has 0 spiro atoms. The Morgan fingerprint density at radius 2 is 1.89 bits per heavy atom. The quantitative estimate of drug-likeness (QED) is 0.280. The van der Waals surface area contributed by atoms with Crippen molar-refractivity contribution in [3.8, 4) is 0 Å². The van der Waals surface area contributed by atoms with Crippen molar-refractivity contribution in [1.82, 2.24) is 0 Å². The molecule has 0 aliphatic carbocycles. The second kappa shape index (κ2) is 7.46. The molecule has 0 saturated heterocycles. The third-order valence-corrected chi connectivity index (χ3v) is 0.697. The molecule has 0 unspecified atom stereocenters. The summed E-state index contributed by atoms with van der Waals surface area (Å²) >= 11 is 9.29. The molecule has 0 bridgehead atoms. The summed E-state index contributed by atoms with van der Waals surface area (Å²) in [5.74, 6) is 0. The number of hydrogen-bond acceptors (Lipinski definition) is 4. The Labute approximate surface area is 76.6 Å². The minimum Gasteiger partial charge on any atom is -0.850 e. The van der Waals surface area contributed by atoms with Gasteiger partial charge in [-0.2, -0.15) is 11.8 Å². The second-order valence-electron chi connectivity index (χ2n) is 0.903. The molecule has 0 aromatic carbocycles. The topological polar surface area (TPSA) is 46.1 Å². The third kappa shape index (κ3) is 91.5. The zero-order chi connectivity index (χ0) is 7.91. The summed E-state index contributed by atoms with van der Waals surface area (Å²) in [7, 11) is 0. The molecule has 9 heavy (non-hydrogen) atoms. The van der Waals surface area contributed by atoms with E-state index in [0.717, 1.165) is 4.81 Å². The van der Waals surface area contributed by atoms with E-state index in [1.165, 1.54) is 0 Å². The van der Waals surface area contributed by atoms with Crippen LogP contribution in [-0.4, -0.2) is 0 Å². The zero-order valence-electron chi connectivity index (χ0n) is 4.48. The van der Waals surface area contributed by atoms with Gasteiger partial charge in [0.05, 0.1) is 0 Å². The Bertz CT molecular complexity index is 104. The van der Waals surface area contributed by atoms with Crippen molar-refractivity contribution in [1.29, 1.82) is 0 Å². The molecular formula is C3H5MoO2PS2. The van der Waals surface area contributed by atoms with E-state index < -0.39 is 5.69 Å².